The van der Waals surface area contributed by atoms with Gasteiger partial charge < -0.3 is 19.5 Å². The molecule has 0 saturated heterocycles. The van der Waals surface area contributed by atoms with Gasteiger partial charge in [-0.25, -0.2) is 4.98 Å². The lowest BCUT2D eigenvalue weighted by atomic mass is 10.1. The molecule has 0 saturated carbocycles. The largest absolute Gasteiger partial charge is 0.496 e. The lowest BCUT2D eigenvalue weighted by Crippen LogP contribution is -2.23. The number of hydrogen-bond acceptors (Lipinski definition) is 6. The van der Waals surface area contributed by atoms with Crippen LogP contribution in [0.4, 0.5) is 0 Å². The van der Waals surface area contributed by atoms with Crippen molar-refractivity contribution in [3.05, 3.63) is 47.0 Å². The van der Waals surface area contributed by atoms with Crippen molar-refractivity contribution < 1.29 is 19.0 Å². The van der Waals surface area contributed by atoms with Crippen molar-refractivity contribution in [1.82, 2.24) is 10.3 Å². The molecule has 0 aliphatic rings. The highest BCUT2D eigenvalue weighted by atomic mass is 32.1. The standard InChI is InChI=1S/C18H18N2O4S/c1-22-14-8-16(24-3)15(23-2)6-12(14)9-19-18(21)11-4-5-13-17(7-11)25-10-20-13/h4-8,10H,9H2,1-3H3,(H,19,21). The Kier molecular flexibility index (Phi) is 5.04. The fourth-order valence-electron chi connectivity index (χ4n) is 2.50. The second-order valence-corrected chi connectivity index (χ2v) is 6.12. The van der Waals surface area contributed by atoms with E-state index in [4.69, 9.17) is 14.2 Å². The molecular weight excluding hydrogens is 340 g/mol. The molecule has 130 valence electrons. The first-order valence-corrected chi connectivity index (χ1v) is 8.44. The number of carbonyl (C=O) groups is 1. The van der Waals surface area contributed by atoms with Crippen molar-refractivity contribution in [2.24, 2.45) is 0 Å². The first-order chi connectivity index (χ1) is 12.2. The molecule has 7 heteroatoms. The van der Waals surface area contributed by atoms with Crippen LogP contribution in [0.25, 0.3) is 10.2 Å². The molecule has 25 heavy (non-hydrogen) atoms. The third-order valence-corrected chi connectivity index (χ3v) is 4.61. The minimum atomic E-state index is -0.160. The Labute approximate surface area is 149 Å². The molecule has 0 atom stereocenters. The van der Waals surface area contributed by atoms with E-state index in [0.29, 0.717) is 29.4 Å². The maximum atomic E-state index is 12.4. The minimum absolute atomic E-state index is 0.160. The number of benzene rings is 2. The van der Waals surface area contributed by atoms with Gasteiger partial charge in [-0.2, -0.15) is 0 Å². The maximum absolute atomic E-state index is 12.4. The Morgan fingerprint density at radius 3 is 2.48 bits per heavy atom. The van der Waals surface area contributed by atoms with Crippen molar-refractivity contribution >= 4 is 27.5 Å². The van der Waals surface area contributed by atoms with Gasteiger partial charge in [0.05, 0.1) is 37.1 Å². The van der Waals surface area contributed by atoms with Gasteiger partial charge in [0, 0.05) is 23.7 Å². The summed E-state index contributed by atoms with van der Waals surface area (Å²) < 4.78 is 16.9. The van der Waals surface area contributed by atoms with E-state index in [1.165, 1.54) is 11.3 Å². The molecule has 3 aromatic rings. The second kappa shape index (κ2) is 7.40. The quantitative estimate of drug-likeness (QED) is 0.732. The number of carbonyl (C=O) groups excluding carboxylic acids is 1. The molecule has 0 spiro atoms. The fraction of sp³-hybridized carbons (Fsp3) is 0.222. The van der Waals surface area contributed by atoms with Gasteiger partial charge in [-0.1, -0.05) is 0 Å². The number of amides is 1. The average molecular weight is 358 g/mol. The van der Waals surface area contributed by atoms with Crippen LogP contribution in [0.2, 0.25) is 0 Å². The molecular formula is C18H18N2O4S. The third-order valence-electron chi connectivity index (χ3n) is 3.82. The molecule has 0 unspecified atom stereocenters. The molecule has 2 aromatic carbocycles. The zero-order chi connectivity index (χ0) is 17.8. The predicted octanol–water partition coefficient (Wildman–Crippen LogP) is 3.25. The molecule has 0 aliphatic heterocycles. The Balaban J connectivity index is 1.79. The number of thiazole rings is 1. The summed E-state index contributed by atoms with van der Waals surface area (Å²) in [6.07, 6.45) is 0. The normalized spacial score (nSPS) is 10.5. The van der Waals surface area contributed by atoms with Gasteiger partial charge in [0.15, 0.2) is 11.5 Å². The lowest BCUT2D eigenvalue weighted by Gasteiger charge is -2.14. The number of rotatable bonds is 6. The van der Waals surface area contributed by atoms with Gasteiger partial charge in [-0.05, 0) is 24.3 Å². The fourth-order valence-corrected chi connectivity index (χ4v) is 3.22. The van der Waals surface area contributed by atoms with Crippen LogP contribution in [0.15, 0.2) is 35.8 Å². The number of aromatic nitrogens is 1. The summed E-state index contributed by atoms with van der Waals surface area (Å²) in [5, 5.41) is 2.90. The summed E-state index contributed by atoms with van der Waals surface area (Å²) in [6.45, 7) is 0.309. The molecule has 0 aliphatic carbocycles. The van der Waals surface area contributed by atoms with Crippen molar-refractivity contribution in [3.63, 3.8) is 0 Å². The molecule has 3 rings (SSSR count). The highest BCUT2D eigenvalue weighted by molar-refractivity contribution is 7.16. The number of methoxy groups -OCH3 is 3. The maximum Gasteiger partial charge on any atom is 0.251 e. The molecule has 0 bridgehead atoms. The van der Waals surface area contributed by atoms with E-state index in [1.54, 1.807) is 45.0 Å². The predicted molar refractivity (Wildman–Crippen MR) is 96.9 cm³/mol. The van der Waals surface area contributed by atoms with Crippen LogP contribution in [0.5, 0.6) is 17.2 Å². The SMILES string of the molecule is COc1cc(OC)c(OC)cc1CNC(=O)c1ccc2ncsc2c1. The molecule has 6 nitrogen and oxygen atoms in total. The van der Waals surface area contributed by atoms with Crippen LogP contribution >= 0.6 is 11.3 Å². The molecule has 0 fully saturated rings. The van der Waals surface area contributed by atoms with Crippen LogP contribution in [-0.4, -0.2) is 32.2 Å². The molecule has 0 radical (unpaired) electrons. The van der Waals surface area contributed by atoms with Crippen LogP contribution < -0.4 is 19.5 Å². The molecule has 1 heterocycles. The zero-order valence-corrected chi connectivity index (χ0v) is 15.0. The van der Waals surface area contributed by atoms with E-state index in [0.717, 1.165) is 15.8 Å². The van der Waals surface area contributed by atoms with Gasteiger partial charge >= 0.3 is 0 Å². The van der Waals surface area contributed by atoms with E-state index >= 15 is 0 Å². The van der Waals surface area contributed by atoms with Crippen LogP contribution in [0.3, 0.4) is 0 Å². The molecule has 1 aromatic heterocycles. The highest BCUT2D eigenvalue weighted by Gasteiger charge is 2.13. The van der Waals surface area contributed by atoms with Crippen LogP contribution in [0, 0.1) is 0 Å². The third kappa shape index (κ3) is 3.51. The summed E-state index contributed by atoms with van der Waals surface area (Å²) in [5.41, 5.74) is 4.05. The van der Waals surface area contributed by atoms with Crippen LogP contribution in [0.1, 0.15) is 15.9 Å². The zero-order valence-electron chi connectivity index (χ0n) is 14.2. The lowest BCUT2D eigenvalue weighted by molar-refractivity contribution is 0.0951. The van der Waals surface area contributed by atoms with E-state index in [2.05, 4.69) is 10.3 Å². The molecule has 1 N–H and O–H groups in total. The van der Waals surface area contributed by atoms with Gasteiger partial charge in [-0.3, -0.25) is 4.79 Å². The summed E-state index contributed by atoms with van der Waals surface area (Å²) in [4.78, 5) is 16.7. The highest BCUT2D eigenvalue weighted by Crippen LogP contribution is 2.34. The smallest absolute Gasteiger partial charge is 0.251 e. The van der Waals surface area contributed by atoms with Crippen molar-refractivity contribution in [2.45, 2.75) is 6.54 Å². The van der Waals surface area contributed by atoms with E-state index in [-0.39, 0.29) is 5.91 Å². The Hall–Kier alpha value is -2.80. The monoisotopic (exact) mass is 358 g/mol. The van der Waals surface area contributed by atoms with E-state index in [9.17, 15) is 4.79 Å². The first kappa shape index (κ1) is 17.0. The van der Waals surface area contributed by atoms with E-state index < -0.39 is 0 Å². The summed E-state index contributed by atoms with van der Waals surface area (Å²) in [7, 11) is 4.70. The van der Waals surface area contributed by atoms with Gasteiger partial charge in [0.25, 0.3) is 5.91 Å². The number of hydrogen-bond donors (Lipinski definition) is 1. The Morgan fingerprint density at radius 1 is 1.04 bits per heavy atom. The van der Waals surface area contributed by atoms with Gasteiger partial charge in [-0.15, -0.1) is 11.3 Å². The number of nitrogens with zero attached hydrogens (tertiary/aromatic N) is 1. The minimum Gasteiger partial charge on any atom is -0.496 e. The van der Waals surface area contributed by atoms with Gasteiger partial charge in [0.2, 0.25) is 0 Å². The Bertz CT molecular complexity index is 907. The number of nitrogens with one attached hydrogen (secondary N) is 1. The van der Waals surface area contributed by atoms with Crippen molar-refractivity contribution in [3.8, 4) is 17.2 Å². The second-order valence-electron chi connectivity index (χ2n) is 5.24. The molecule has 1 amide bonds. The number of ether oxygens (including phenoxy) is 3. The Morgan fingerprint density at radius 2 is 1.76 bits per heavy atom. The first-order valence-electron chi connectivity index (χ1n) is 7.56. The summed E-state index contributed by atoms with van der Waals surface area (Å²) >= 11 is 1.51. The summed E-state index contributed by atoms with van der Waals surface area (Å²) in [5.74, 6) is 1.62. The van der Waals surface area contributed by atoms with Crippen LogP contribution in [-0.2, 0) is 6.54 Å². The van der Waals surface area contributed by atoms with E-state index in [1.807, 2.05) is 12.1 Å². The summed E-state index contributed by atoms with van der Waals surface area (Å²) in [6, 6.07) is 8.99. The number of fused-ring (bicyclic) bond motifs is 1. The topological polar surface area (TPSA) is 69.7 Å². The average Bonchev–Trinajstić information content (AvgIpc) is 3.12. The van der Waals surface area contributed by atoms with Crippen molar-refractivity contribution in [2.75, 3.05) is 21.3 Å². The van der Waals surface area contributed by atoms with Crippen molar-refractivity contribution in [1.29, 1.82) is 0 Å². The van der Waals surface area contributed by atoms with Gasteiger partial charge in [0.1, 0.15) is 5.75 Å².